The molecule has 2 aliphatic carbocycles. The van der Waals surface area contributed by atoms with E-state index >= 15 is 0 Å². The summed E-state index contributed by atoms with van der Waals surface area (Å²) in [6.45, 7) is 5.62. The highest BCUT2D eigenvalue weighted by atomic mass is 35.5. The van der Waals surface area contributed by atoms with Crippen LogP contribution in [0.1, 0.15) is 67.4 Å². The molecule has 2 heterocycles. The first kappa shape index (κ1) is 28.6. The summed E-state index contributed by atoms with van der Waals surface area (Å²) in [6, 6.07) is 11.4. The van der Waals surface area contributed by atoms with Crippen LogP contribution in [0, 0.1) is 17.3 Å². The van der Waals surface area contributed by atoms with Crippen molar-refractivity contribution >= 4 is 33.2 Å². The Kier molecular flexibility index (Phi) is 7.40. The van der Waals surface area contributed by atoms with Gasteiger partial charge in [-0.3, -0.25) is 4.79 Å². The fourth-order valence-corrected chi connectivity index (χ4v) is 9.10. The lowest BCUT2D eigenvalue weighted by molar-refractivity contribution is 0.0455. The van der Waals surface area contributed by atoms with Crippen molar-refractivity contribution in [2.45, 2.75) is 63.9 Å². The number of aryl methyl sites for hydroxylation is 1. The number of nitrogens with zero attached hydrogens (tertiary/aromatic N) is 1. The van der Waals surface area contributed by atoms with Gasteiger partial charge in [-0.15, -0.1) is 0 Å². The van der Waals surface area contributed by atoms with Crippen LogP contribution in [-0.4, -0.2) is 51.0 Å². The number of allylic oxidation sites excluding steroid dienone is 1. The number of hydrogen-bond acceptors (Lipinski definition) is 6. The summed E-state index contributed by atoms with van der Waals surface area (Å²) in [4.78, 5) is 15.6. The zero-order valence-electron chi connectivity index (χ0n) is 23.7. The minimum Gasteiger partial charge on any atom is -0.490 e. The molecule has 9 heteroatoms. The van der Waals surface area contributed by atoms with Crippen LogP contribution < -0.4 is 14.4 Å². The van der Waals surface area contributed by atoms with E-state index in [2.05, 4.69) is 21.8 Å². The standard InChI is InChI=1S/C32H39ClN2O5S/c1-31(2)13-4-6-28(36)25-10-7-23(25)17-35-18-32(14-3-5-21-15-24(33)9-11-26(21)32)19-40-29-12-8-22(16-27(29)35)30(37)34-41(38,39)20-31/h4,6,8-9,11-12,15-16,23,25,28,36H,3,5,7,10,13-14,17-20H2,1-2H3,(H,34,37)/b6-4-/t23-,25+,28-,32-/m0/s1. The molecule has 1 spiro atoms. The van der Waals surface area contributed by atoms with Crippen LogP contribution in [-0.2, 0) is 21.9 Å². The number of benzene rings is 2. The van der Waals surface area contributed by atoms with Crippen molar-refractivity contribution in [3.05, 3.63) is 70.3 Å². The fourth-order valence-electron chi connectivity index (χ4n) is 7.29. The maximum Gasteiger partial charge on any atom is 0.264 e. The van der Waals surface area contributed by atoms with Gasteiger partial charge in [-0.2, -0.15) is 0 Å². The molecule has 7 nitrogen and oxygen atoms in total. The number of carbonyl (C=O) groups is 1. The number of carbonyl (C=O) groups excluding carboxylic acids is 1. The summed E-state index contributed by atoms with van der Waals surface area (Å²) in [5.74, 6) is 0.244. The molecule has 2 aromatic carbocycles. The number of aliphatic hydroxyl groups excluding tert-OH is 1. The number of sulfonamides is 1. The fraction of sp³-hybridized carbons (Fsp3) is 0.531. The van der Waals surface area contributed by atoms with Gasteiger partial charge in [0, 0.05) is 29.1 Å². The van der Waals surface area contributed by atoms with Gasteiger partial charge in [-0.25, -0.2) is 13.1 Å². The summed E-state index contributed by atoms with van der Waals surface area (Å²) in [7, 11) is -3.89. The Morgan fingerprint density at radius 3 is 2.76 bits per heavy atom. The molecular formula is C32H39ClN2O5S. The number of rotatable bonds is 0. The Labute approximate surface area is 248 Å². The van der Waals surface area contributed by atoms with E-state index in [1.807, 2.05) is 32.1 Å². The molecule has 41 heavy (non-hydrogen) atoms. The Hall–Kier alpha value is -2.55. The second kappa shape index (κ2) is 10.6. The Morgan fingerprint density at radius 1 is 1.15 bits per heavy atom. The van der Waals surface area contributed by atoms with Crippen molar-refractivity contribution in [2.24, 2.45) is 17.3 Å². The van der Waals surface area contributed by atoms with Crippen LogP contribution in [0.5, 0.6) is 5.75 Å². The SMILES string of the molecule is CC1(C)C/C=C\[C@H](O)[C@@H]2CC[C@H]2CN2C[C@@]3(CCCc4cc(Cl)ccc43)COc3ccc(cc32)C(=O)NS(=O)(=O)C1. The molecule has 4 aliphatic rings. The van der Waals surface area contributed by atoms with Crippen molar-refractivity contribution in [3.63, 3.8) is 0 Å². The average Bonchev–Trinajstić information content (AvgIpc) is 3.02. The number of ether oxygens (including phenoxy) is 1. The molecule has 2 bridgehead atoms. The number of fused-ring (bicyclic) bond motifs is 4. The van der Waals surface area contributed by atoms with E-state index in [9.17, 15) is 18.3 Å². The third kappa shape index (κ3) is 5.75. The van der Waals surface area contributed by atoms with Crippen LogP contribution >= 0.6 is 11.6 Å². The van der Waals surface area contributed by atoms with Gasteiger partial charge in [0.1, 0.15) is 5.75 Å². The van der Waals surface area contributed by atoms with Gasteiger partial charge in [0.2, 0.25) is 10.0 Å². The average molecular weight is 599 g/mol. The van der Waals surface area contributed by atoms with Gasteiger partial charge in [0.05, 0.1) is 24.2 Å². The summed E-state index contributed by atoms with van der Waals surface area (Å²) >= 11 is 6.38. The number of nitrogens with one attached hydrogen (secondary N) is 1. The van der Waals surface area contributed by atoms with E-state index < -0.39 is 27.4 Å². The second-order valence-electron chi connectivity index (χ2n) is 13.3. The van der Waals surface area contributed by atoms with E-state index in [0.29, 0.717) is 31.9 Å². The van der Waals surface area contributed by atoms with Crippen molar-refractivity contribution in [1.29, 1.82) is 0 Å². The van der Waals surface area contributed by atoms with Crippen LogP contribution in [0.3, 0.4) is 0 Å². The summed E-state index contributed by atoms with van der Waals surface area (Å²) in [5.41, 5.74) is 2.72. The van der Waals surface area contributed by atoms with E-state index in [1.165, 1.54) is 11.1 Å². The first-order valence-corrected chi connectivity index (χ1v) is 16.7. The topological polar surface area (TPSA) is 95.9 Å². The molecule has 1 saturated carbocycles. The van der Waals surface area contributed by atoms with Crippen molar-refractivity contribution in [3.8, 4) is 5.75 Å². The molecule has 4 atom stereocenters. The van der Waals surface area contributed by atoms with Crippen molar-refractivity contribution < 1.29 is 23.1 Å². The lowest BCUT2D eigenvalue weighted by Gasteiger charge is -2.45. The number of amides is 1. The Morgan fingerprint density at radius 2 is 1.98 bits per heavy atom. The van der Waals surface area contributed by atoms with Gasteiger partial charge in [0.15, 0.2) is 0 Å². The van der Waals surface area contributed by atoms with Crippen molar-refractivity contribution in [1.82, 2.24) is 4.72 Å². The van der Waals surface area contributed by atoms with E-state index in [-0.39, 0.29) is 28.6 Å². The monoisotopic (exact) mass is 598 g/mol. The minimum absolute atomic E-state index is 0.124. The molecule has 1 amide bonds. The maximum atomic E-state index is 13.3. The van der Waals surface area contributed by atoms with E-state index in [0.717, 1.165) is 42.8 Å². The van der Waals surface area contributed by atoms with Gasteiger partial charge >= 0.3 is 0 Å². The zero-order chi connectivity index (χ0) is 29.0. The number of halogens is 1. The number of aliphatic hydroxyl groups is 1. The predicted molar refractivity (Wildman–Crippen MR) is 161 cm³/mol. The molecule has 0 aromatic heterocycles. The third-order valence-corrected chi connectivity index (χ3v) is 11.4. The van der Waals surface area contributed by atoms with Crippen LogP contribution in [0.25, 0.3) is 0 Å². The quantitative estimate of drug-likeness (QED) is 0.402. The maximum absolute atomic E-state index is 13.3. The largest absolute Gasteiger partial charge is 0.490 e. The molecule has 0 saturated heterocycles. The van der Waals surface area contributed by atoms with Gasteiger partial charge < -0.3 is 14.7 Å². The summed E-state index contributed by atoms with van der Waals surface area (Å²) in [6.07, 6.45) is 8.54. The van der Waals surface area contributed by atoms with Crippen LogP contribution in [0.2, 0.25) is 5.02 Å². The van der Waals surface area contributed by atoms with Crippen molar-refractivity contribution in [2.75, 3.05) is 30.3 Å². The second-order valence-corrected chi connectivity index (χ2v) is 15.4. The molecule has 2 aliphatic heterocycles. The van der Waals surface area contributed by atoms with Crippen LogP contribution in [0.4, 0.5) is 5.69 Å². The molecule has 0 radical (unpaired) electrons. The highest BCUT2D eigenvalue weighted by Crippen LogP contribution is 2.46. The molecular weight excluding hydrogens is 560 g/mol. The van der Waals surface area contributed by atoms with Gasteiger partial charge in [0.25, 0.3) is 5.91 Å². The van der Waals surface area contributed by atoms with E-state index in [1.54, 1.807) is 18.2 Å². The normalized spacial score (nSPS) is 31.5. The van der Waals surface area contributed by atoms with Crippen LogP contribution in [0.15, 0.2) is 48.6 Å². The lowest BCUT2D eigenvalue weighted by atomic mass is 9.68. The van der Waals surface area contributed by atoms with Gasteiger partial charge in [-0.1, -0.05) is 43.7 Å². The van der Waals surface area contributed by atoms with E-state index in [4.69, 9.17) is 16.3 Å². The lowest BCUT2D eigenvalue weighted by Crippen LogP contribution is -2.49. The Bertz CT molecular complexity index is 1490. The first-order valence-electron chi connectivity index (χ1n) is 14.6. The smallest absolute Gasteiger partial charge is 0.264 e. The predicted octanol–water partition coefficient (Wildman–Crippen LogP) is 5.25. The molecule has 6 rings (SSSR count). The first-order chi connectivity index (χ1) is 19.4. The highest BCUT2D eigenvalue weighted by molar-refractivity contribution is 7.90. The Balaban J connectivity index is 1.42. The molecule has 2 aromatic rings. The molecule has 220 valence electrons. The molecule has 1 fully saturated rings. The summed E-state index contributed by atoms with van der Waals surface area (Å²) in [5, 5.41) is 11.9. The highest BCUT2D eigenvalue weighted by Gasteiger charge is 2.44. The molecule has 0 unspecified atom stereocenters. The zero-order valence-corrected chi connectivity index (χ0v) is 25.3. The summed E-state index contributed by atoms with van der Waals surface area (Å²) < 4.78 is 34.8. The number of hydrogen-bond donors (Lipinski definition) is 2. The molecule has 2 N–H and O–H groups in total. The minimum atomic E-state index is -3.89. The van der Waals surface area contributed by atoms with Gasteiger partial charge in [-0.05, 0) is 97.2 Å². The number of anilines is 1. The third-order valence-electron chi connectivity index (χ3n) is 9.50.